The molecule has 0 aromatic carbocycles. The van der Waals surface area contributed by atoms with Crippen LogP contribution < -0.4 is 10.6 Å². The smallest absolute Gasteiger partial charge is 0.244 e. The summed E-state index contributed by atoms with van der Waals surface area (Å²) >= 11 is 1.68. The van der Waals surface area contributed by atoms with Crippen LogP contribution in [0.2, 0.25) is 0 Å². The second kappa shape index (κ2) is 9.47. The third-order valence-corrected chi connectivity index (χ3v) is 9.26. The Bertz CT molecular complexity index is 671. The van der Waals surface area contributed by atoms with E-state index >= 15 is 0 Å². The molecular weight excluding hydrogens is 402 g/mol. The van der Waals surface area contributed by atoms with E-state index in [2.05, 4.69) is 24.5 Å². The molecule has 7 atom stereocenters. The van der Waals surface area contributed by atoms with Gasteiger partial charge in [-0.1, -0.05) is 34.1 Å². The number of nitrogens with zero attached hydrogens (tertiary/aromatic N) is 1. The fraction of sp³-hybridized carbons (Fsp3) is 0.864. The van der Waals surface area contributed by atoms with E-state index in [0.717, 1.165) is 25.7 Å². The SMILES string of the molecule is CCCCNC(=O)C1N([C@@H](CC)CO)C(=O)[C@@H]2[C@H](C(=O)NCCC)[C@@H]3CC(C)C12S3. The largest absolute Gasteiger partial charge is 0.394 e. The average Bonchev–Trinajstić information content (AvgIpc) is 3.32. The van der Waals surface area contributed by atoms with Gasteiger partial charge < -0.3 is 20.6 Å². The summed E-state index contributed by atoms with van der Waals surface area (Å²) in [5, 5.41) is 16.1. The lowest BCUT2D eigenvalue weighted by atomic mass is 9.66. The molecule has 1 spiro atoms. The van der Waals surface area contributed by atoms with Gasteiger partial charge in [0, 0.05) is 18.3 Å². The molecule has 8 heteroatoms. The molecule has 0 aromatic heterocycles. The maximum Gasteiger partial charge on any atom is 0.244 e. The molecule has 3 saturated heterocycles. The van der Waals surface area contributed by atoms with Gasteiger partial charge in [0.15, 0.2) is 0 Å². The molecule has 3 rings (SSSR count). The van der Waals surface area contributed by atoms with Crippen molar-refractivity contribution in [2.24, 2.45) is 17.8 Å². The van der Waals surface area contributed by atoms with Gasteiger partial charge in [-0.15, -0.1) is 11.8 Å². The minimum Gasteiger partial charge on any atom is -0.394 e. The highest BCUT2D eigenvalue weighted by atomic mass is 32.2. The molecule has 3 aliphatic rings. The summed E-state index contributed by atoms with van der Waals surface area (Å²) in [4.78, 5) is 41.9. The van der Waals surface area contributed by atoms with Crippen LogP contribution in [0.5, 0.6) is 0 Å². The highest BCUT2D eigenvalue weighted by Crippen LogP contribution is 2.68. The highest BCUT2D eigenvalue weighted by molar-refractivity contribution is 8.02. The lowest BCUT2D eigenvalue weighted by Gasteiger charge is -2.40. The second-order valence-corrected chi connectivity index (χ2v) is 10.5. The van der Waals surface area contributed by atoms with E-state index < -0.39 is 28.7 Å². The number of likely N-dealkylation sites (tertiary alicyclic amines) is 1. The van der Waals surface area contributed by atoms with Crippen LogP contribution in [0, 0.1) is 17.8 Å². The number of hydrogen-bond donors (Lipinski definition) is 3. The fourth-order valence-corrected chi connectivity index (χ4v) is 8.13. The van der Waals surface area contributed by atoms with Crippen LogP contribution in [0.15, 0.2) is 0 Å². The molecule has 3 amide bonds. The van der Waals surface area contributed by atoms with Crippen molar-refractivity contribution in [3.05, 3.63) is 0 Å². The number of amides is 3. The van der Waals surface area contributed by atoms with E-state index in [1.807, 2.05) is 13.8 Å². The third kappa shape index (κ3) is 3.53. The normalized spacial score (nSPS) is 35.4. The van der Waals surface area contributed by atoms with E-state index in [-0.39, 0.29) is 35.5 Å². The van der Waals surface area contributed by atoms with Crippen LogP contribution >= 0.6 is 11.8 Å². The molecule has 170 valence electrons. The summed E-state index contributed by atoms with van der Waals surface area (Å²) in [7, 11) is 0. The predicted molar refractivity (Wildman–Crippen MR) is 118 cm³/mol. The number of hydrogen-bond acceptors (Lipinski definition) is 5. The van der Waals surface area contributed by atoms with Crippen LogP contribution in [0.4, 0.5) is 0 Å². The number of thioether (sulfide) groups is 1. The quantitative estimate of drug-likeness (QED) is 0.449. The molecule has 0 aromatic rings. The molecule has 0 aliphatic carbocycles. The minimum absolute atomic E-state index is 0.0631. The molecule has 3 unspecified atom stereocenters. The Morgan fingerprint density at radius 2 is 1.90 bits per heavy atom. The molecule has 3 aliphatic heterocycles. The highest BCUT2D eigenvalue weighted by Gasteiger charge is 2.76. The number of aliphatic hydroxyl groups is 1. The van der Waals surface area contributed by atoms with Crippen molar-refractivity contribution >= 4 is 29.5 Å². The number of aliphatic hydroxyl groups excluding tert-OH is 1. The van der Waals surface area contributed by atoms with E-state index in [1.54, 1.807) is 16.7 Å². The van der Waals surface area contributed by atoms with Gasteiger partial charge in [-0.05, 0) is 31.6 Å². The van der Waals surface area contributed by atoms with Crippen LogP contribution in [-0.2, 0) is 14.4 Å². The summed E-state index contributed by atoms with van der Waals surface area (Å²) in [5.74, 6) is -1.09. The Morgan fingerprint density at radius 3 is 2.50 bits per heavy atom. The zero-order valence-electron chi connectivity index (χ0n) is 18.6. The van der Waals surface area contributed by atoms with Gasteiger partial charge in [-0.25, -0.2) is 0 Å². The van der Waals surface area contributed by atoms with Crippen molar-refractivity contribution in [3.63, 3.8) is 0 Å². The van der Waals surface area contributed by atoms with E-state index in [4.69, 9.17) is 0 Å². The van der Waals surface area contributed by atoms with Crippen molar-refractivity contribution < 1.29 is 19.5 Å². The van der Waals surface area contributed by atoms with Crippen molar-refractivity contribution in [2.45, 2.75) is 81.9 Å². The number of unbranched alkanes of at least 4 members (excludes halogenated alkanes) is 1. The summed E-state index contributed by atoms with van der Waals surface area (Å²) < 4.78 is -0.602. The van der Waals surface area contributed by atoms with E-state index in [9.17, 15) is 19.5 Å². The van der Waals surface area contributed by atoms with Crippen LogP contribution in [0.1, 0.15) is 59.8 Å². The first-order valence-corrected chi connectivity index (χ1v) is 12.4. The van der Waals surface area contributed by atoms with Gasteiger partial charge in [0.1, 0.15) is 6.04 Å². The van der Waals surface area contributed by atoms with Gasteiger partial charge >= 0.3 is 0 Å². The Balaban J connectivity index is 2.00. The summed E-state index contributed by atoms with van der Waals surface area (Å²) in [6, 6.07) is -1.05. The lowest BCUT2D eigenvalue weighted by molar-refractivity contribution is -0.142. The first-order chi connectivity index (χ1) is 14.4. The van der Waals surface area contributed by atoms with Crippen molar-refractivity contribution in [1.82, 2.24) is 15.5 Å². The van der Waals surface area contributed by atoms with Crippen molar-refractivity contribution in [3.8, 4) is 0 Å². The Kier molecular flexibility index (Phi) is 7.38. The van der Waals surface area contributed by atoms with Crippen molar-refractivity contribution in [2.75, 3.05) is 19.7 Å². The fourth-order valence-electron chi connectivity index (χ4n) is 5.72. The van der Waals surface area contributed by atoms with Crippen LogP contribution in [0.25, 0.3) is 0 Å². The third-order valence-electron chi connectivity index (χ3n) is 7.19. The van der Waals surface area contributed by atoms with Gasteiger partial charge in [0.25, 0.3) is 0 Å². The van der Waals surface area contributed by atoms with Crippen LogP contribution in [0.3, 0.4) is 0 Å². The number of carbonyl (C=O) groups is 3. The maximum absolute atomic E-state index is 13.8. The van der Waals surface area contributed by atoms with Gasteiger partial charge in [-0.3, -0.25) is 14.4 Å². The number of nitrogens with one attached hydrogen (secondary N) is 2. The molecule has 3 N–H and O–H groups in total. The summed E-state index contributed by atoms with van der Waals surface area (Å²) in [5.41, 5.74) is 0. The first-order valence-electron chi connectivity index (χ1n) is 11.5. The van der Waals surface area contributed by atoms with Crippen LogP contribution in [-0.4, -0.2) is 69.5 Å². The molecule has 0 saturated carbocycles. The standard InChI is InChI=1S/C22H37N3O4S/c1-5-8-10-24-20(28)18-22-13(4)11-15(30-22)16(19(27)23-9-6-2)17(22)21(29)25(18)14(7-3)12-26/h13-18,26H,5-12H2,1-4H3,(H,23,27)(H,24,28)/t13?,14-,15-,16+,17-,18?,22?/m0/s1. The Labute approximate surface area is 184 Å². The average molecular weight is 440 g/mol. The monoisotopic (exact) mass is 439 g/mol. The molecule has 2 bridgehead atoms. The Hall–Kier alpha value is -1.28. The number of fused-ring (bicyclic) bond motifs is 1. The van der Waals surface area contributed by atoms with E-state index in [1.165, 1.54) is 0 Å². The van der Waals surface area contributed by atoms with Crippen molar-refractivity contribution in [1.29, 1.82) is 0 Å². The van der Waals surface area contributed by atoms with Gasteiger partial charge in [0.05, 0.1) is 29.2 Å². The molecule has 3 heterocycles. The number of rotatable bonds is 10. The summed E-state index contributed by atoms with van der Waals surface area (Å²) in [6.07, 6.45) is 4.10. The second-order valence-electron chi connectivity index (χ2n) is 8.98. The Morgan fingerprint density at radius 1 is 1.20 bits per heavy atom. The zero-order chi connectivity index (χ0) is 22.1. The first kappa shape index (κ1) is 23.4. The van der Waals surface area contributed by atoms with E-state index in [0.29, 0.717) is 19.5 Å². The van der Waals surface area contributed by atoms with Gasteiger partial charge in [0.2, 0.25) is 17.7 Å². The van der Waals surface area contributed by atoms with Gasteiger partial charge in [-0.2, -0.15) is 0 Å². The maximum atomic E-state index is 13.8. The lowest BCUT2D eigenvalue weighted by Crippen LogP contribution is -2.58. The molecule has 0 radical (unpaired) electrons. The molecule has 3 fully saturated rings. The molecule has 30 heavy (non-hydrogen) atoms. The summed E-state index contributed by atoms with van der Waals surface area (Å²) in [6.45, 7) is 9.10. The zero-order valence-corrected chi connectivity index (χ0v) is 19.5. The molecular formula is C22H37N3O4S. The predicted octanol–water partition coefficient (Wildman–Crippen LogP) is 1.54. The molecule has 7 nitrogen and oxygen atoms in total. The topological polar surface area (TPSA) is 98.7 Å². The minimum atomic E-state index is -0.641. The number of carbonyl (C=O) groups excluding carboxylic acids is 3.